The maximum absolute atomic E-state index is 11.2. The zero-order chi connectivity index (χ0) is 11.7. The molecule has 0 bridgehead atoms. The maximum atomic E-state index is 11.2. The van der Waals surface area contributed by atoms with E-state index < -0.39 is 10.0 Å². The fourth-order valence-electron chi connectivity index (χ4n) is 0.922. The molecule has 1 amide bonds. The van der Waals surface area contributed by atoms with E-state index in [9.17, 15) is 13.2 Å². The number of hydrogen-bond acceptors (Lipinski definition) is 3. The molecule has 90 valence electrons. The van der Waals surface area contributed by atoms with Crippen LogP contribution in [0.1, 0.15) is 19.8 Å². The normalized spacial score (nSPS) is 11.3. The first kappa shape index (κ1) is 14.7. The Bertz CT molecular complexity index is 280. The van der Waals surface area contributed by atoms with Crippen molar-refractivity contribution >= 4 is 27.5 Å². The average Bonchev–Trinajstić information content (AvgIpc) is 2.15. The molecule has 0 aromatic heterocycles. The van der Waals surface area contributed by atoms with Crippen LogP contribution in [0.25, 0.3) is 0 Å². The fourth-order valence-corrected chi connectivity index (χ4v) is 2.30. The summed E-state index contributed by atoms with van der Waals surface area (Å²) in [4.78, 5) is 11.0. The molecule has 0 aromatic carbocycles. The molecule has 0 rings (SSSR count). The van der Waals surface area contributed by atoms with E-state index in [4.69, 9.17) is 11.6 Å². The first-order chi connectivity index (χ1) is 7.02. The number of alkyl halides is 1. The van der Waals surface area contributed by atoms with Gasteiger partial charge in [-0.3, -0.25) is 4.79 Å². The molecule has 2 N–H and O–H groups in total. The summed E-state index contributed by atoms with van der Waals surface area (Å²) < 4.78 is 24.8. The first-order valence-corrected chi connectivity index (χ1v) is 7.00. The lowest BCUT2D eigenvalue weighted by atomic mass is 10.4. The minimum absolute atomic E-state index is 0.00585. The van der Waals surface area contributed by atoms with Crippen molar-refractivity contribution < 1.29 is 13.2 Å². The highest BCUT2D eigenvalue weighted by molar-refractivity contribution is 7.89. The number of nitrogens with one attached hydrogen (secondary N) is 2. The number of sulfonamides is 1. The molecule has 0 aliphatic carbocycles. The van der Waals surface area contributed by atoms with Gasteiger partial charge in [-0.05, 0) is 13.3 Å². The van der Waals surface area contributed by atoms with Gasteiger partial charge in [0.1, 0.15) is 0 Å². The number of carbonyl (C=O) groups is 1. The molecular weight excluding hydrogens is 240 g/mol. The van der Waals surface area contributed by atoms with Crippen LogP contribution in [0.2, 0.25) is 0 Å². The van der Waals surface area contributed by atoms with Crippen molar-refractivity contribution in [3.63, 3.8) is 0 Å². The number of carbonyl (C=O) groups excluding carboxylic acids is 1. The molecule has 0 spiro atoms. The van der Waals surface area contributed by atoms with Gasteiger partial charge in [-0.15, -0.1) is 11.6 Å². The summed E-state index contributed by atoms with van der Waals surface area (Å²) in [5, 5.41) is 2.58. The molecule has 0 radical (unpaired) electrons. The van der Waals surface area contributed by atoms with Gasteiger partial charge in [0.25, 0.3) is 0 Å². The second-order valence-corrected chi connectivity index (χ2v) is 5.26. The molecule has 0 aliphatic heterocycles. The molecule has 0 saturated heterocycles. The quantitative estimate of drug-likeness (QED) is 0.603. The van der Waals surface area contributed by atoms with Gasteiger partial charge in [0.05, 0.1) is 5.75 Å². The Balaban J connectivity index is 3.70. The second kappa shape index (κ2) is 7.90. The van der Waals surface area contributed by atoms with E-state index in [1.54, 1.807) is 0 Å². The third kappa shape index (κ3) is 8.65. The van der Waals surface area contributed by atoms with E-state index in [2.05, 4.69) is 10.0 Å². The van der Waals surface area contributed by atoms with Crippen molar-refractivity contribution in [2.75, 3.05) is 24.7 Å². The second-order valence-electron chi connectivity index (χ2n) is 2.96. The van der Waals surface area contributed by atoms with Gasteiger partial charge in [-0.1, -0.05) is 0 Å². The van der Waals surface area contributed by atoms with Crippen molar-refractivity contribution in [1.29, 1.82) is 0 Å². The van der Waals surface area contributed by atoms with Crippen LogP contribution in [-0.2, 0) is 14.8 Å². The maximum Gasteiger partial charge on any atom is 0.221 e. The molecule has 0 saturated carbocycles. The van der Waals surface area contributed by atoms with Crippen LogP contribution in [0.3, 0.4) is 0 Å². The van der Waals surface area contributed by atoms with E-state index in [-0.39, 0.29) is 24.6 Å². The highest BCUT2D eigenvalue weighted by atomic mass is 35.5. The van der Waals surface area contributed by atoms with Crippen molar-refractivity contribution in [1.82, 2.24) is 10.0 Å². The average molecular weight is 257 g/mol. The summed E-state index contributed by atoms with van der Waals surface area (Å²) in [6.45, 7) is 2.50. The molecular formula is C8H17ClN2O3S. The molecule has 15 heavy (non-hydrogen) atoms. The standard InChI is InChI=1S/C8H17ClN2O3S/c1-2-10-8(12)4-6-11-15(13,14)7-3-5-9/h11H,2-7H2,1H3,(H,10,12). The van der Waals surface area contributed by atoms with Crippen LogP contribution >= 0.6 is 11.6 Å². The molecule has 0 heterocycles. The Morgan fingerprint density at radius 3 is 2.60 bits per heavy atom. The van der Waals surface area contributed by atoms with E-state index >= 15 is 0 Å². The molecule has 7 heteroatoms. The lowest BCUT2D eigenvalue weighted by Crippen LogP contribution is -2.32. The summed E-state index contributed by atoms with van der Waals surface area (Å²) in [6.07, 6.45) is 0.575. The summed E-state index contributed by atoms with van der Waals surface area (Å²) in [5.74, 6) is 0.167. The summed E-state index contributed by atoms with van der Waals surface area (Å²) >= 11 is 5.38. The topological polar surface area (TPSA) is 75.3 Å². The third-order valence-electron chi connectivity index (χ3n) is 1.59. The number of halogens is 1. The monoisotopic (exact) mass is 256 g/mol. The van der Waals surface area contributed by atoms with Crippen LogP contribution < -0.4 is 10.0 Å². The lowest BCUT2D eigenvalue weighted by Gasteiger charge is -2.05. The molecule has 0 aromatic rings. The molecule has 0 fully saturated rings. The molecule has 0 atom stereocenters. The van der Waals surface area contributed by atoms with Gasteiger partial charge in [0.2, 0.25) is 15.9 Å². The predicted molar refractivity (Wildman–Crippen MR) is 60.4 cm³/mol. The minimum atomic E-state index is -3.27. The summed E-state index contributed by atoms with van der Waals surface area (Å²) in [7, 11) is -3.27. The van der Waals surface area contributed by atoms with Crippen LogP contribution in [-0.4, -0.2) is 39.0 Å². The summed E-state index contributed by atoms with van der Waals surface area (Å²) in [6, 6.07) is 0. The van der Waals surface area contributed by atoms with E-state index in [0.29, 0.717) is 18.8 Å². The largest absolute Gasteiger partial charge is 0.356 e. The van der Waals surface area contributed by atoms with Crippen molar-refractivity contribution in [3.05, 3.63) is 0 Å². The molecule has 0 aliphatic rings. The van der Waals surface area contributed by atoms with Gasteiger partial charge in [-0.25, -0.2) is 13.1 Å². The van der Waals surface area contributed by atoms with Gasteiger partial charge >= 0.3 is 0 Å². The minimum Gasteiger partial charge on any atom is -0.356 e. The molecule has 0 unspecified atom stereocenters. The Labute approximate surface area is 95.6 Å². The van der Waals surface area contributed by atoms with E-state index in [0.717, 1.165) is 0 Å². The number of rotatable bonds is 8. The Hall–Kier alpha value is -0.330. The van der Waals surface area contributed by atoms with Crippen molar-refractivity contribution in [2.24, 2.45) is 0 Å². The fraction of sp³-hybridized carbons (Fsp3) is 0.875. The summed E-state index contributed by atoms with van der Waals surface area (Å²) in [5.41, 5.74) is 0. The highest BCUT2D eigenvalue weighted by Crippen LogP contribution is 1.92. The molecule has 5 nitrogen and oxygen atoms in total. The van der Waals surface area contributed by atoms with Crippen LogP contribution in [0.4, 0.5) is 0 Å². The smallest absolute Gasteiger partial charge is 0.221 e. The Kier molecular flexibility index (Phi) is 7.72. The van der Waals surface area contributed by atoms with E-state index in [1.165, 1.54) is 0 Å². The van der Waals surface area contributed by atoms with Crippen molar-refractivity contribution in [2.45, 2.75) is 19.8 Å². The van der Waals surface area contributed by atoms with Crippen LogP contribution in [0.15, 0.2) is 0 Å². The third-order valence-corrected chi connectivity index (χ3v) is 3.33. The zero-order valence-corrected chi connectivity index (χ0v) is 10.3. The Morgan fingerprint density at radius 1 is 1.40 bits per heavy atom. The van der Waals surface area contributed by atoms with Gasteiger partial charge < -0.3 is 5.32 Å². The van der Waals surface area contributed by atoms with Gasteiger partial charge in [0.15, 0.2) is 0 Å². The predicted octanol–water partition coefficient (Wildman–Crippen LogP) is 0.0609. The van der Waals surface area contributed by atoms with Crippen LogP contribution in [0, 0.1) is 0 Å². The van der Waals surface area contributed by atoms with Crippen molar-refractivity contribution in [3.8, 4) is 0 Å². The van der Waals surface area contributed by atoms with Crippen LogP contribution in [0.5, 0.6) is 0 Å². The van der Waals surface area contributed by atoms with Gasteiger partial charge in [0, 0.05) is 25.4 Å². The SMILES string of the molecule is CCNC(=O)CCNS(=O)(=O)CCCCl. The van der Waals surface area contributed by atoms with Gasteiger partial charge in [-0.2, -0.15) is 0 Å². The highest BCUT2D eigenvalue weighted by Gasteiger charge is 2.09. The Morgan fingerprint density at radius 2 is 2.07 bits per heavy atom. The number of hydrogen-bond donors (Lipinski definition) is 2. The number of amides is 1. The first-order valence-electron chi connectivity index (χ1n) is 4.82. The lowest BCUT2D eigenvalue weighted by molar-refractivity contribution is -0.120. The zero-order valence-electron chi connectivity index (χ0n) is 8.75. The van der Waals surface area contributed by atoms with E-state index in [1.807, 2.05) is 6.92 Å².